The van der Waals surface area contributed by atoms with Gasteiger partial charge in [-0.1, -0.05) is 32.0 Å². The van der Waals surface area contributed by atoms with E-state index in [1.54, 1.807) is 0 Å². The van der Waals surface area contributed by atoms with Crippen LogP contribution in [0.2, 0.25) is 0 Å². The van der Waals surface area contributed by atoms with Crippen LogP contribution in [-0.2, 0) is 0 Å². The van der Waals surface area contributed by atoms with Gasteiger partial charge in [0.05, 0.1) is 11.8 Å². The second kappa shape index (κ2) is 5.94. The topological polar surface area (TPSA) is 43.3 Å². The number of rotatable bonds is 3. The van der Waals surface area contributed by atoms with E-state index < -0.39 is 0 Å². The van der Waals surface area contributed by atoms with Crippen LogP contribution in [0, 0.1) is 5.92 Å². The molecular weight excluding hydrogens is 328 g/mol. The van der Waals surface area contributed by atoms with Crippen molar-refractivity contribution in [1.82, 2.24) is 5.01 Å². The summed E-state index contributed by atoms with van der Waals surface area (Å²) in [5.41, 5.74) is 3.37. The van der Waals surface area contributed by atoms with Gasteiger partial charge in [-0.3, -0.25) is 5.01 Å². The van der Waals surface area contributed by atoms with Crippen LogP contribution in [0.3, 0.4) is 0 Å². The number of fused-ring (bicyclic) bond motifs is 4. The lowest BCUT2D eigenvalue weighted by Crippen LogP contribution is -2.41. The molecule has 0 aromatic heterocycles. The van der Waals surface area contributed by atoms with Gasteiger partial charge in [-0.25, -0.2) is 0 Å². The number of hydrogen-bond acceptors (Lipinski definition) is 5. The van der Waals surface area contributed by atoms with Crippen molar-refractivity contribution in [2.75, 3.05) is 6.79 Å². The van der Waals surface area contributed by atoms with Crippen molar-refractivity contribution in [2.24, 2.45) is 11.0 Å². The van der Waals surface area contributed by atoms with Crippen molar-refractivity contribution in [2.45, 2.75) is 39.0 Å². The highest BCUT2D eigenvalue weighted by Crippen LogP contribution is 2.44. The van der Waals surface area contributed by atoms with E-state index in [9.17, 15) is 0 Å². The zero-order chi connectivity index (χ0) is 17.7. The molecule has 0 aliphatic carbocycles. The molecule has 2 aromatic carbocycles. The van der Waals surface area contributed by atoms with Gasteiger partial charge in [0, 0.05) is 24.0 Å². The summed E-state index contributed by atoms with van der Waals surface area (Å²) in [6.07, 6.45) is 1.79. The van der Waals surface area contributed by atoms with E-state index in [0.29, 0.717) is 5.92 Å². The summed E-state index contributed by atoms with van der Waals surface area (Å²) in [7, 11) is 0. The van der Waals surface area contributed by atoms with Gasteiger partial charge in [0.1, 0.15) is 5.75 Å². The maximum atomic E-state index is 6.29. The van der Waals surface area contributed by atoms with Crippen LogP contribution in [0.4, 0.5) is 0 Å². The molecule has 5 nitrogen and oxygen atoms in total. The molecule has 3 aliphatic heterocycles. The molecule has 5 heteroatoms. The standard InChI is InChI=1S/C21H22N2O3/c1-13(2)9-21-23-17(15-5-3-4-6-18(15)26-21)11-16(22-23)14-7-8-19-20(10-14)25-12-24-19/h3-8,10,13,17,21H,9,11-12H2,1-2H3/t17-,21-/m1/s1. The molecule has 0 amide bonds. The van der Waals surface area contributed by atoms with Crippen molar-refractivity contribution in [3.63, 3.8) is 0 Å². The quantitative estimate of drug-likeness (QED) is 0.826. The molecule has 0 bridgehead atoms. The number of ether oxygens (including phenoxy) is 3. The second-order valence-corrected chi connectivity index (χ2v) is 7.45. The van der Waals surface area contributed by atoms with Crippen LogP contribution in [-0.4, -0.2) is 23.7 Å². The maximum Gasteiger partial charge on any atom is 0.231 e. The lowest BCUT2D eigenvalue weighted by Gasteiger charge is -2.38. The van der Waals surface area contributed by atoms with Crippen molar-refractivity contribution in [1.29, 1.82) is 0 Å². The third-order valence-corrected chi connectivity index (χ3v) is 5.16. The molecule has 0 fully saturated rings. The first-order valence-electron chi connectivity index (χ1n) is 9.20. The predicted octanol–water partition coefficient (Wildman–Crippen LogP) is 4.33. The van der Waals surface area contributed by atoms with Gasteiger partial charge in [-0.05, 0) is 30.2 Å². The van der Waals surface area contributed by atoms with E-state index in [2.05, 4.69) is 43.1 Å². The number of hydrogen-bond donors (Lipinski definition) is 0. The SMILES string of the molecule is CC(C)C[C@H]1Oc2ccccc2[C@H]2CC(c3ccc4c(c3)OCO4)=NN21. The Morgan fingerprint density at radius 3 is 2.81 bits per heavy atom. The molecule has 5 rings (SSSR count). The first kappa shape index (κ1) is 15.6. The van der Waals surface area contributed by atoms with Gasteiger partial charge in [0.2, 0.25) is 6.79 Å². The van der Waals surface area contributed by atoms with Crippen LogP contribution in [0.15, 0.2) is 47.6 Å². The smallest absolute Gasteiger partial charge is 0.231 e. The van der Waals surface area contributed by atoms with Crippen molar-refractivity contribution >= 4 is 5.71 Å². The van der Waals surface area contributed by atoms with Crippen LogP contribution in [0.5, 0.6) is 17.2 Å². The molecule has 0 radical (unpaired) electrons. The molecule has 0 spiro atoms. The molecule has 3 aliphatic rings. The van der Waals surface area contributed by atoms with Crippen LogP contribution in [0.1, 0.15) is 43.9 Å². The Morgan fingerprint density at radius 2 is 1.92 bits per heavy atom. The minimum absolute atomic E-state index is 0.0265. The van der Waals surface area contributed by atoms with Crippen LogP contribution >= 0.6 is 0 Å². The molecule has 0 N–H and O–H groups in total. The summed E-state index contributed by atoms with van der Waals surface area (Å²) in [4.78, 5) is 0. The lowest BCUT2D eigenvalue weighted by atomic mass is 9.95. The average molecular weight is 350 g/mol. The Kier molecular flexibility index (Phi) is 3.55. The average Bonchev–Trinajstić information content (AvgIpc) is 3.28. The maximum absolute atomic E-state index is 6.29. The van der Waals surface area contributed by atoms with E-state index in [1.807, 2.05) is 18.2 Å². The van der Waals surface area contributed by atoms with E-state index in [-0.39, 0.29) is 19.1 Å². The summed E-state index contributed by atoms with van der Waals surface area (Å²) in [5.74, 6) is 3.12. The highest BCUT2D eigenvalue weighted by atomic mass is 16.7. The van der Waals surface area contributed by atoms with Crippen molar-refractivity contribution in [3.05, 3.63) is 53.6 Å². The van der Waals surface area contributed by atoms with Crippen LogP contribution in [0.25, 0.3) is 0 Å². The third-order valence-electron chi connectivity index (χ3n) is 5.16. The fraction of sp³-hybridized carbons (Fsp3) is 0.381. The Balaban J connectivity index is 1.51. The van der Waals surface area contributed by atoms with Crippen LogP contribution < -0.4 is 14.2 Å². The number of benzene rings is 2. The zero-order valence-electron chi connectivity index (χ0n) is 15.0. The monoisotopic (exact) mass is 350 g/mol. The summed E-state index contributed by atoms with van der Waals surface area (Å²) in [6, 6.07) is 14.6. The minimum Gasteiger partial charge on any atom is -0.469 e. The molecule has 0 unspecified atom stereocenters. The fourth-order valence-electron chi connectivity index (χ4n) is 3.92. The molecule has 26 heavy (non-hydrogen) atoms. The largest absolute Gasteiger partial charge is 0.469 e. The summed E-state index contributed by atoms with van der Waals surface area (Å²) >= 11 is 0. The molecule has 2 atom stereocenters. The minimum atomic E-state index is -0.0265. The van der Waals surface area contributed by atoms with E-state index in [1.165, 1.54) is 5.56 Å². The number of nitrogens with zero attached hydrogens (tertiary/aromatic N) is 2. The van der Waals surface area contributed by atoms with Gasteiger partial charge < -0.3 is 14.2 Å². The number of hydrazone groups is 1. The van der Waals surface area contributed by atoms with Gasteiger partial charge >= 0.3 is 0 Å². The highest BCUT2D eigenvalue weighted by molar-refractivity contribution is 6.02. The second-order valence-electron chi connectivity index (χ2n) is 7.45. The molecule has 0 saturated carbocycles. The lowest BCUT2D eigenvalue weighted by molar-refractivity contribution is -0.0291. The predicted molar refractivity (Wildman–Crippen MR) is 98.6 cm³/mol. The molecule has 0 saturated heterocycles. The zero-order valence-corrected chi connectivity index (χ0v) is 15.0. The molecule has 3 heterocycles. The Bertz CT molecular complexity index is 877. The first-order valence-corrected chi connectivity index (χ1v) is 9.20. The highest BCUT2D eigenvalue weighted by Gasteiger charge is 2.40. The Morgan fingerprint density at radius 1 is 1.08 bits per heavy atom. The van der Waals surface area contributed by atoms with Gasteiger partial charge in [0.15, 0.2) is 17.7 Å². The van der Waals surface area contributed by atoms with Gasteiger partial charge in [0.25, 0.3) is 0 Å². The van der Waals surface area contributed by atoms with Gasteiger partial charge in [-0.15, -0.1) is 0 Å². The van der Waals surface area contributed by atoms with Crippen molar-refractivity contribution in [3.8, 4) is 17.2 Å². The summed E-state index contributed by atoms with van der Waals surface area (Å²) < 4.78 is 17.2. The summed E-state index contributed by atoms with van der Waals surface area (Å²) in [6.45, 7) is 4.73. The van der Waals surface area contributed by atoms with Crippen molar-refractivity contribution < 1.29 is 14.2 Å². The Labute approximate surface area is 153 Å². The van der Waals surface area contributed by atoms with E-state index >= 15 is 0 Å². The van der Waals surface area contributed by atoms with Gasteiger partial charge in [-0.2, -0.15) is 5.10 Å². The number of para-hydroxylation sites is 1. The summed E-state index contributed by atoms with van der Waals surface area (Å²) in [5, 5.41) is 7.12. The molecule has 2 aromatic rings. The third kappa shape index (κ3) is 2.50. The first-order chi connectivity index (χ1) is 12.7. The molecular formula is C21H22N2O3. The van der Waals surface area contributed by atoms with E-state index in [0.717, 1.165) is 41.4 Å². The van der Waals surface area contributed by atoms with E-state index in [4.69, 9.17) is 19.3 Å². The normalized spacial score (nSPS) is 22.7. The Hall–Kier alpha value is -2.69. The molecule has 134 valence electrons. The fourth-order valence-corrected chi connectivity index (χ4v) is 3.92.